The summed E-state index contributed by atoms with van der Waals surface area (Å²) in [4.78, 5) is 0. The number of hydrogen-bond acceptors (Lipinski definition) is 2. The molecule has 2 atom stereocenters. The summed E-state index contributed by atoms with van der Waals surface area (Å²) >= 11 is 0. The van der Waals surface area contributed by atoms with E-state index >= 15 is 0 Å². The van der Waals surface area contributed by atoms with Gasteiger partial charge in [0.05, 0.1) is 12.7 Å². The van der Waals surface area contributed by atoms with Gasteiger partial charge in [0.25, 0.3) is 0 Å². The fourth-order valence-corrected chi connectivity index (χ4v) is 6.61. The van der Waals surface area contributed by atoms with E-state index in [1.807, 2.05) is 19.1 Å². The fourth-order valence-electron chi connectivity index (χ4n) is 6.61. The first-order valence-electron chi connectivity index (χ1n) is 14.0. The summed E-state index contributed by atoms with van der Waals surface area (Å²) in [6, 6.07) is 3.30. The molecule has 0 spiro atoms. The molecule has 0 amide bonds. The maximum atomic E-state index is 14.8. The number of allylic oxidation sites excluding steroid dienone is 1. The molecule has 0 bridgehead atoms. The summed E-state index contributed by atoms with van der Waals surface area (Å²) in [5.41, 5.74) is 0.417. The van der Waals surface area contributed by atoms with Crippen LogP contribution in [0.1, 0.15) is 102 Å². The quantitative estimate of drug-likeness (QED) is 0.263. The van der Waals surface area contributed by atoms with Gasteiger partial charge in [-0.1, -0.05) is 50.8 Å². The van der Waals surface area contributed by atoms with Crippen LogP contribution in [-0.4, -0.2) is 19.3 Å². The van der Waals surface area contributed by atoms with E-state index in [0.29, 0.717) is 18.8 Å². The van der Waals surface area contributed by atoms with E-state index < -0.39 is 11.6 Å². The summed E-state index contributed by atoms with van der Waals surface area (Å²) < 4.78 is 40.7. The Morgan fingerprint density at radius 2 is 1.53 bits per heavy atom. The lowest BCUT2D eigenvalue weighted by atomic mass is 9.69. The predicted molar refractivity (Wildman–Crippen MR) is 134 cm³/mol. The molecule has 190 valence electrons. The van der Waals surface area contributed by atoms with E-state index in [2.05, 4.69) is 6.92 Å². The van der Waals surface area contributed by atoms with Crippen molar-refractivity contribution in [2.75, 3.05) is 13.2 Å². The monoisotopic (exact) mass is 474 g/mol. The Morgan fingerprint density at radius 1 is 0.824 bits per heavy atom. The third kappa shape index (κ3) is 6.62. The second-order valence-electron chi connectivity index (χ2n) is 11.1. The number of rotatable bonds is 9. The smallest absolute Gasteiger partial charge is 0.200 e. The van der Waals surface area contributed by atoms with Crippen LogP contribution in [0.4, 0.5) is 8.78 Å². The first kappa shape index (κ1) is 25.7. The predicted octanol–water partition coefficient (Wildman–Crippen LogP) is 8.60. The highest BCUT2D eigenvalue weighted by atomic mass is 19.2. The SMILES string of the molecule is CCOC1C=CC(c2ccc(OCCCC3CCC(C4CCC(C)CC4)CC3)c(F)c2F)CC1. The third-order valence-corrected chi connectivity index (χ3v) is 8.81. The Labute approximate surface area is 205 Å². The van der Waals surface area contributed by atoms with Crippen LogP contribution in [0.3, 0.4) is 0 Å². The highest BCUT2D eigenvalue weighted by Crippen LogP contribution is 2.42. The molecule has 0 aliphatic heterocycles. The van der Waals surface area contributed by atoms with E-state index in [-0.39, 0.29) is 17.8 Å². The largest absolute Gasteiger partial charge is 0.490 e. The minimum Gasteiger partial charge on any atom is -0.490 e. The summed E-state index contributed by atoms with van der Waals surface area (Å²) in [7, 11) is 0. The van der Waals surface area contributed by atoms with Crippen LogP contribution in [0.2, 0.25) is 0 Å². The Kier molecular flexibility index (Phi) is 9.45. The lowest BCUT2D eigenvalue weighted by Gasteiger charge is -2.37. The van der Waals surface area contributed by atoms with Gasteiger partial charge in [-0.2, -0.15) is 4.39 Å². The summed E-state index contributed by atoms with van der Waals surface area (Å²) in [5.74, 6) is 1.94. The van der Waals surface area contributed by atoms with Crippen molar-refractivity contribution in [1.29, 1.82) is 0 Å². The molecule has 3 aliphatic rings. The van der Waals surface area contributed by atoms with Gasteiger partial charge in [0.1, 0.15) is 0 Å². The number of benzene rings is 1. The average Bonchev–Trinajstić information content (AvgIpc) is 2.86. The topological polar surface area (TPSA) is 18.5 Å². The van der Waals surface area contributed by atoms with Crippen LogP contribution in [-0.2, 0) is 4.74 Å². The Hall–Kier alpha value is -1.42. The molecule has 3 aliphatic carbocycles. The molecular formula is C30H44F2O2. The number of hydrogen-bond donors (Lipinski definition) is 0. The molecule has 1 aromatic rings. The molecule has 0 saturated heterocycles. The maximum Gasteiger partial charge on any atom is 0.200 e. The highest BCUT2D eigenvalue weighted by molar-refractivity contribution is 5.35. The van der Waals surface area contributed by atoms with Crippen molar-refractivity contribution in [3.05, 3.63) is 41.5 Å². The lowest BCUT2D eigenvalue weighted by molar-refractivity contribution is 0.0842. The first-order chi connectivity index (χ1) is 16.5. The maximum absolute atomic E-state index is 14.8. The van der Waals surface area contributed by atoms with Gasteiger partial charge in [-0.3, -0.25) is 0 Å². The zero-order valence-corrected chi connectivity index (χ0v) is 21.2. The van der Waals surface area contributed by atoms with Crippen LogP contribution < -0.4 is 4.74 Å². The van der Waals surface area contributed by atoms with E-state index in [1.165, 1.54) is 51.4 Å². The van der Waals surface area contributed by atoms with Gasteiger partial charge in [0.15, 0.2) is 11.6 Å². The molecule has 4 heteroatoms. The van der Waals surface area contributed by atoms with Crippen molar-refractivity contribution in [3.8, 4) is 5.75 Å². The number of halogens is 2. The van der Waals surface area contributed by atoms with Crippen molar-refractivity contribution >= 4 is 0 Å². The molecule has 1 aromatic carbocycles. The molecular weight excluding hydrogens is 430 g/mol. The summed E-state index contributed by atoms with van der Waals surface area (Å²) in [5, 5.41) is 0. The minimum absolute atomic E-state index is 0.0449. The lowest BCUT2D eigenvalue weighted by Crippen LogP contribution is -2.25. The Balaban J connectivity index is 1.18. The van der Waals surface area contributed by atoms with Crippen molar-refractivity contribution in [2.45, 2.75) is 103 Å². The minimum atomic E-state index is -0.847. The summed E-state index contributed by atoms with van der Waals surface area (Å²) in [6.07, 6.45) is 18.8. The van der Waals surface area contributed by atoms with Gasteiger partial charge < -0.3 is 9.47 Å². The van der Waals surface area contributed by atoms with Crippen LogP contribution in [0, 0.1) is 35.3 Å². The molecule has 2 nitrogen and oxygen atoms in total. The van der Waals surface area contributed by atoms with Gasteiger partial charge in [-0.05, 0) is 93.6 Å². The fraction of sp³-hybridized carbons (Fsp3) is 0.733. The second-order valence-corrected chi connectivity index (χ2v) is 11.1. The standard InChI is InChI=1S/C30H44F2O2/c1-3-33-26-16-14-25(15-17-26)27-18-19-28(30(32)29(27)31)34-20-4-5-22-8-12-24(13-9-22)23-10-6-21(2)7-11-23/h14,16,18-19,21-26H,3-13,15,17,20H2,1-2H3. The molecule has 0 N–H and O–H groups in total. The average molecular weight is 475 g/mol. The Bertz CT molecular complexity index is 791. The van der Waals surface area contributed by atoms with Crippen LogP contribution in [0.25, 0.3) is 0 Å². The zero-order valence-electron chi connectivity index (χ0n) is 21.2. The molecule has 0 radical (unpaired) electrons. The molecule has 0 aromatic heterocycles. The van der Waals surface area contributed by atoms with Crippen molar-refractivity contribution in [2.24, 2.45) is 23.7 Å². The van der Waals surface area contributed by atoms with Crippen LogP contribution in [0.5, 0.6) is 5.75 Å². The van der Waals surface area contributed by atoms with Crippen LogP contribution in [0.15, 0.2) is 24.3 Å². The second kappa shape index (κ2) is 12.5. The normalized spacial score (nSPS) is 32.0. The zero-order chi connectivity index (χ0) is 23.9. The Morgan fingerprint density at radius 3 is 2.18 bits per heavy atom. The van der Waals surface area contributed by atoms with Crippen molar-refractivity contribution in [1.82, 2.24) is 0 Å². The van der Waals surface area contributed by atoms with E-state index in [9.17, 15) is 8.78 Å². The molecule has 0 heterocycles. The third-order valence-electron chi connectivity index (χ3n) is 8.81. The van der Waals surface area contributed by atoms with Gasteiger partial charge >= 0.3 is 0 Å². The van der Waals surface area contributed by atoms with Crippen molar-refractivity contribution < 1.29 is 18.3 Å². The van der Waals surface area contributed by atoms with E-state index in [1.54, 1.807) is 12.1 Å². The molecule has 2 unspecified atom stereocenters. The van der Waals surface area contributed by atoms with Gasteiger partial charge in [-0.25, -0.2) is 4.39 Å². The van der Waals surface area contributed by atoms with E-state index in [0.717, 1.165) is 49.4 Å². The summed E-state index contributed by atoms with van der Waals surface area (Å²) in [6.45, 7) is 5.48. The number of ether oxygens (including phenoxy) is 2. The molecule has 2 fully saturated rings. The van der Waals surface area contributed by atoms with Crippen LogP contribution >= 0.6 is 0 Å². The van der Waals surface area contributed by atoms with Gasteiger partial charge in [0.2, 0.25) is 5.82 Å². The molecule has 34 heavy (non-hydrogen) atoms. The first-order valence-corrected chi connectivity index (χ1v) is 14.0. The van der Waals surface area contributed by atoms with Crippen molar-refractivity contribution in [3.63, 3.8) is 0 Å². The molecule has 2 saturated carbocycles. The van der Waals surface area contributed by atoms with E-state index in [4.69, 9.17) is 9.47 Å². The van der Waals surface area contributed by atoms with Gasteiger partial charge in [-0.15, -0.1) is 0 Å². The molecule has 4 rings (SSSR count). The highest BCUT2D eigenvalue weighted by Gasteiger charge is 2.30. The van der Waals surface area contributed by atoms with Gasteiger partial charge in [0, 0.05) is 12.5 Å².